The molecule has 0 saturated carbocycles. The van der Waals surface area contributed by atoms with E-state index in [0.29, 0.717) is 5.69 Å². The topological polar surface area (TPSA) is 96.4 Å². The molecule has 0 bridgehead atoms. The minimum absolute atomic E-state index is 0.134. The highest BCUT2D eigenvalue weighted by atomic mass is 32.2. The molecule has 0 aromatic carbocycles. The summed E-state index contributed by atoms with van der Waals surface area (Å²) in [6.07, 6.45) is 0. The lowest BCUT2D eigenvalue weighted by Gasteiger charge is -2.12. The summed E-state index contributed by atoms with van der Waals surface area (Å²) in [5, 5.41) is 11.2. The zero-order valence-corrected chi connectivity index (χ0v) is 11.6. The number of pyridine rings is 1. The third kappa shape index (κ3) is 5.60. The molecule has 2 N–H and O–H groups in total. The number of amides is 1. The number of carboxylic acid groups (broad SMARTS) is 1. The van der Waals surface area contributed by atoms with Crippen LogP contribution in [0.5, 0.6) is 0 Å². The summed E-state index contributed by atoms with van der Waals surface area (Å²) >= 11 is 0. The predicted molar refractivity (Wildman–Crippen MR) is 70.9 cm³/mol. The largest absolute Gasteiger partial charge is 0.480 e. The van der Waals surface area contributed by atoms with Crippen molar-refractivity contribution in [1.29, 1.82) is 0 Å². The third-order valence-electron chi connectivity index (χ3n) is 2.28. The van der Waals surface area contributed by atoms with E-state index in [2.05, 4.69) is 10.3 Å². The highest BCUT2D eigenvalue weighted by Crippen LogP contribution is 2.03. The lowest BCUT2D eigenvalue weighted by molar-refractivity contribution is -0.140. The zero-order valence-electron chi connectivity index (χ0n) is 10.8. The fourth-order valence-electron chi connectivity index (χ4n) is 1.51. The molecule has 1 heterocycles. The van der Waals surface area contributed by atoms with E-state index in [-0.39, 0.29) is 11.5 Å². The molecule has 6 nitrogen and oxygen atoms in total. The number of hydrogen-bond donors (Lipinski definition) is 2. The summed E-state index contributed by atoms with van der Waals surface area (Å²) in [4.78, 5) is 26.0. The lowest BCUT2D eigenvalue weighted by Crippen LogP contribution is -2.43. The van der Waals surface area contributed by atoms with Crippen LogP contribution in [-0.2, 0) is 26.1 Å². The first kappa shape index (κ1) is 15.3. The van der Waals surface area contributed by atoms with E-state index >= 15 is 0 Å². The fraction of sp³-hybridized carbons (Fsp3) is 0.417. The van der Waals surface area contributed by atoms with Crippen molar-refractivity contribution in [3.05, 3.63) is 29.6 Å². The molecular formula is C12H16N2O4S. The molecule has 2 atom stereocenters. The Morgan fingerprint density at radius 2 is 2.16 bits per heavy atom. The summed E-state index contributed by atoms with van der Waals surface area (Å²) in [7, 11) is -1.40. The van der Waals surface area contributed by atoms with Gasteiger partial charge in [-0.1, -0.05) is 6.07 Å². The Morgan fingerprint density at radius 1 is 1.47 bits per heavy atom. The van der Waals surface area contributed by atoms with Crippen LogP contribution in [0, 0.1) is 6.92 Å². The first-order chi connectivity index (χ1) is 8.88. The predicted octanol–water partition coefficient (Wildman–Crippen LogP) is 0.228. The van der Waals surface area contributed by atoms with E-state index in [4.69, 9.17) is 5.11 Å². The molecule has 1 rings (SSSR count). The maximum atomic E-state index is 11.9. The average molecular weight is 284 g/mol. The molecule has 1 unspecified atom stereocenters. The van der Waals surface area contributed by atoms with Crippen molar-refractivity contribution in [1.82, 2.24) is 10.3 Å². The first-order valence-corrected chi connectivity index (χ1v) is 7.14. The summed E-state index contributed by atoms with van der Waals surface area (Å²) in [6, 6.07) is 4.23. The molecule has 0 saturated heterocycles. The number of carboxylic acids is 1. The Labute approximate surface area is 113 Å². The van der Waals surface area contributed by atoms with Crippen molar-refractivity contribution in [2.75, 3.05) is 5.75 Å². The maximum absolute atomic E-state index is 11.9. The highest BCUT2D eigenvalue weighted by Gasteiger charge is 2.21. The van der Waals surface area contributed by atoms with Gasteiger partial charge in [-0.05, 0) is 19.1 Å². The molecular weight excluding hydrogens is 268 g/mol. The van der Waals surface area contributed by atoms with E-state index in [1.807, 2.05) is 13.0 Å². The first-order valence-electron chi connectivity index (χ1n) is 5.66. The summed E-state index contributed by atoms with van der Waals surface area (Å²) in [5.74, 6) is -1.62. The Balaban J connectivity index is 2.62. The molecule has 7 heteroatoms. The van der Waals surface area contributed by atoms with Gasteiger partial charge in [0.25, 0.3) is 0 Å². The molecule has 1 amide bonds. The van der Waals surface area contributed by atoms with Crippen LogP contribution in [0.2, 0.25) is 0 Å². The minimum Gasteiger partial charge on any atom is -0.480 e. The van der Waals surface area contributed by atoms with E-state index in [1.54, 1.807) is 12.1 Å². The quantitative estimate of drug-likeness (QED) is 0.779. The molecule has 104 valence electrons. The third-order valence-corrected chi connectivity index (χ3v) is 3.61. The Morgan fingerprint density at radius 3 is 2.68 bits per heavy atom. The minimum atomic E-state index is -1.40. The van der Waals surface area contributed by atoms with Crippen LogP contribution < -0.4 is 5.32 Å². The van der Waals surface area contributed by atoms with Gasteiger partial charge in [-0.3, -0.25) is 14.0 Å². The monoisotopic (exact) mass is 284 g/mol. The Hall–Kier alpha value is -1.76. The number of hydrogen-bond acceptors (Lipinski definition) is 4. The van der Waals surface area contributed by atoms with Crippen LogP contribution >= 0.6 is 0 Å². The van der Waals surface area contributed by atoms with Crippen molar-refractivity contribution < 1.29 is 18.9 Å². The van der Waals surface area contributed by atoms with Crippen LogP contribution in [-0.4, -0.2) is 38.0 Å². The smallest absolute Gasteiger partial charge is 0.327 e. The van der Waals surface area contributed by atoms with Crippen molar-refractivity contribution in [2.24, 2.45) is 0 Å². The number of aliphatic carboxylic acids is 1. The number of aryl methyl sites for hydroxylation is 1. The number of carbonyl (C=O) groups excluding carboxylic acids is 1. The Kier molecular flexibility index (Phi) is 5.62. The molecule has 0 aliphatic heterocycles. The standard InChI is InChI=1S/C12H16N2O4S/c1-8-4-3-5-10(13-8)6-19(18)7-11(12(16)17)14-9(2)15/h3-5,11H,6-7H2,1-2H3,(H,14,15)(H,16,17)/t11-,19?/m0/s1. The molecule has 0 spiro atoms. The second-order valence-corrected chi connectivity index (χ2v) is 5.61. The van der Waals surface area contributed by atoms with Gasteiger partial charge in [0.15, 0.2) is 0 Å². The molecule has 1 aromatic rings. The van der Waals surface area contributed by atoms with Gasteiger partial charge in [-0.2, -0.15) is 0 Å². The summed E-state index contributed by atoms with van der Waals surface area (Å²) < 4.78 is 11.9. The molecule has 0 fully saturated rings. The number of nitrogens with one attached hydrogen (secondary N) is 1. The van der Waals surface area contributed by atoms with E-state index < -0.39 is 28.7 Å². The normalized spacial score (nSPS) is 13.6. The number of nitrogens with zero attached hydrogens (tertiary/aromatic N) is 1. The van der Waals surface area contributed by atoms with Crippen molar-refractivity contribution >= 4 is 22.7 Å². The van der Waals surface area contributed by atoms with Crippen molar-refractivity contribution in [3.63, 3.8) is 0 Å². The van der Waals surface area contributed by atoms with Gasteiger partial charge in [0.1, 0.15) is 6.04 Å². The van der Waals surface area contributed by atoms with Crippen LogP contribution in [0.4, 0.5) is 0 Å². The highest BCUT2D eigenvalue weighted by molar-refractivity contribution is 7.84. The van der Waals surface area contributed by atoms with Crippen molar-refractivity contribution in [2.45, 2.75) is 25.6 Å². The van der Waals surface area contributed by atoms with Gasteiger partial charge >= 0.3 is 5.97 Å². The zero-order chi connectivity index (χ0) is 14.4. The second-order valence-electron chi connectivity index (χ2n) is 4.11. The number of carbonyl (C=O) groups is 2. The average Bonchev–Trinajstić information content (AvgIpc) is 2.27. The van der Waals surface area contributed by atoms with Crippen molar-refractivity contribution in [3.8, 4) is 0 Å². The van der Waals surface area contributed by atoms with Gasteiger partial charge < -0.3 is 10.4 Å². The van der Waals surface area contributed by atoms with E-state index in [9.17, 15) is 13.8 Å². The second kappa shape index (κ2) is 6.98. The number of rotatable bonds is 6. The summed E-state index contributed by atoms with van der Waals surface area (Å²) in [6.45, 7) is 3.05. The molecule has 19 heavy (non-hydrogen) atoms. The SMILES string of the molecule is CC(=O)N[C@@H](CS(=O)Cc1cccc(C)n1)C(=O)O. The summed E-state index contributed by atoms with van der Waals surface area (Å²) in [5.41, 5.74) is 1.46. The van der Waals surface area contributed by atoms with Gasteiger partial charge in [0.05, 0.1) is 17.2 Å². The van der Waals surface area contributed by atoms with Gasteiger partial charge in [0, 0.05) is 23.4 Å². The fourth-order valence-corrected chi connectivity index (χ4v) is 2.72. The lowest BCUT2D eigenvalue weighted by atomic mass is 10.3. The van der Waals surface area contributed by atoms with Gasteiger partial charge in [-0.25, -0.2) is 4.79 Å². The Bertz CT molecular complexity index is 504. The number of aromatic nitrogens is 1. The van der Waals surface area contributed by atoms with Crippen LogP contribution in [0.3, 0.4) is 0 Å². The van der Waals surface area contributed by atoms with Crippen LogP contribution in [0.25, 0.3) is 0 Å². The van der Waals surface area contributed by atoms with E-state index in [0.717, 1.165) is 5.69 Å². The van der Waals surface area contributed by atoms with E-state index in [1.165, 1.54) is 6.92 Å². The van der Waals surface area contributed by atoms with Gasteiger partial charge in [-0.15, -0.1) is 0 Å². The molecule has 1 aromatic heterocycles. The molecule has 0 radical (unpaired) electrons. The van der Waals surface area contributed by atoms with Crippen LogP contribution in [0.15, 0.2) is 18.2 Å². The molecule has 0 aliphatic rings. The van der Waals surface area contributed by atoms with Crippen LogP contribution in [0.1, 0.15) is 18.3 Å². The maximum Gasteiger partial charge on any atom is 0.327 e. The van der Waals surface area contributed by atoms with Gasteiger partial charge in [0.2, 0.25) is 5.91 Å². The molecule has 0 aliphatic carbocycles.